The monoisotopic (exact) mass is 231 g/mol. The maximum atomic E-state index is 8.90. The van der Waals surface area contributed by atoms with Crippen LogP contribution < -0.4 is 0 Å². The summed E-state index contributed by atoms with van der Waals surface area (Å²) in [6, 6.07) is 3.89. The van der Waals surface area contributed by atoms with Crippen LogP contribution in [0.3, 0.4) is 0 Å². The number of aromatic nitrogens is 2. The zero-order valence-electron chi connectivity index (χ0n) is 8.51. The van der Waals surface area contributed by atoms with E-state index >= 15 is 0 Å². The molecule has 80 valence electrons. The largest absolute Gasteiger partial charge is 0.333 e. The molecule has 2 aromatic rings. The number of hydrogen-bond acceptors (Lipinski definition) is 5. The van der Waals surface area contributed by atoms with Gasteiger partial charge in [0, 0.05) is 6.42 Å². The van der Waals surface area contributed by atoms with Crippen LogP contribution in [0, 0.1) is 17.2 Å². The van der Waals surface area contributed by atoms with Crippen LogP contribution in [0.25, 0.3) is 10.8 Å². The molecule has 1 fully saturated rings. The van der Waals surface area contributed by atoms with Crippen LogP contribution in [-0.2, 0) is 6.42 Å². The molecular weight excluding hydrogens is 222 g/mol. The average Bonchev–Trinajstić information content (AvgIpc) is 2.82. The van der Waals surface area contributed by atoms with Crippen molar-refractivity contribution in [3.63, 3.8) is 0 Å². The Kier molecular flexibility index (Phi) is 2.22. The number of hydrogen-bond donors (Lipinski definition) is 0. The molecule has 0 amide bonds. The van der Waals surface area contributed by atoms with Gasteiger partial charge in [0.15, 0.2) is 5.82 Å². The topological polar surface area (TPSA) is 62.7 Å². The molecule has 2 heterocycles. The molecule has 0 radical (unpaired) electrons. The van der Waals surface area contributed by atoms with Gasteiger partial charge in [-0.3, -0.25) is 0 Å². The maximum absolute atomic E-state index is 8.90. The fraction of sp³-hybridized carbons (Fsp3) is 0.364. The Balaban J connectivity index is 1.88. The van der Waals surface area contributed by atoms with E-state index in [1.165, 1.54) is 24.2 Å². The summed E-state index contributed by atoms with van der Waals surface area (Å²) in [6.45, 7) is 0. The van der Waals surface area contributed by atoms with Crippen molar-refractivity contribution in [1.29, 1.82) is 5.26 Å². The van der Waals surface area contributed by atoms with Gasteiger partial charge in [-0.05, 0) is 30.2 Å². The Bertz CT molecular complexity index is 548. The normalized spacial score (nSPS) is 14.9. The van der Waals surface area contributed by atoms with Gasteiger partial charge in [0.25, 0.3) is 5.89 Å². The molecule has 0 aliphatic heterocycles. The molecule has 0 spiro atoms. The lowest BCUT2D eigenvalue weighted by atomic mass is 10.3. The number of thiophene rings is 1. The van der Waals surface area contributed by atoms with Crippen LogP contribution in [0.15, 0.2) is 16.0 Å². The third-order valence-electron chi connectivity index (χ3n) is 2.62. The summed E-state index contributed by atoms with van der Waals surface area (Å²) in [7, 11) is 0. The summed E-state index contributed by atoms with van der Waals surface area (Å²) in [4.78, 5) is 5.10. The van der Waals surface area contributed by atoms with Gasteiger partial charge in [0.1, 0.15) is 10.9 Å². The third-order valence-corrected chi connectivity index (χ3v) is 3.52. The van der Waals surface area contributed by atoms with Gasteiger partial charge in [0.05, 0.1) is 5.56 Å². The first kappa shape index (κ1) is 9.55. The zero-order valence-corrected chi connectivity index (χ0v) is 9.33. The Morgan fingerprint density at radius 2 is 2.44 bits per heavy atom. The highest BCUT2D eigenvalue weighted by atomic mass is 32.1. The van der Waals surface area contributed by atoms with E-state index in [-0.39, 0.29) is 0 Å². The second-order valence-corrected chi connectivity index (χ2v) is 4.85. The van der Waals surface area contributed by atoms with Gasteiger partial charge in [0.2, 0.25) is 0 Å². The van der Waals surface area contributed by atoms with E-state index in [1.54, 1.807) is 6.07 Å². The molecule has 4 nitrogen and oxygen atoms in total. The van der Waals surface area contributed by atoms with E-state index in [9.17, 15) is 0 Å². The van der Waals surface area contributed by atoms with Crippen LogP contribution in [0.2, 0.25) is 0 Å². The van der Waals surface area contributed by atoms with Crippen LogP contribution in [0.1, 0.15) is 24.2 Å². The summed E-state index contributed by atoms with van der Waals surface area (Å²) in [6.07, 6.45) is 3.44. The Hall–Kier alpha value is -1.67. The van der Waals surface area contributed by atoms with Crippen molar-refractivity contribution in [2.75, 3.05) is 0 Å². The molecule has 5 heteroatoms. The first-order valence-corrected chi connectivity index (χ1v) is 6.05. The molecule has 16 heavy (non-hydrogen) atoms. The summed E-state index contributed by atoms with van der Waals surface area (Å²) in [5, 5.41) is 14.7. The molecule has 0 N–H and O–H groups in total. The standard InChI is InChI=1S/C11H9N3OS/c12-6-8-3-4-16-10(8)11-13-9(14-15-11)5-7-1-2-7/h3-4,7H,1-2,5H2. The molecule has 0 aromatic carbocycles. The van der Waals surface area contributed by atoms with Crippen LogP contribution >= 0.6 is 11.3 Å². The van der Waals surface area contributed by atoms with E-state index in [0.29, 0.717) is 11.5 Å². The van der Waals surface area contributed by atoms with Crippen molar-refractivity contribution in [3.8, 4) is 16.8 Å². The number of nitrogens with zero attached hydrogens (tertiary/aromatic N) is 3. The van der Waals surface area contributed by atoms with Gasteiger partial charge in [-0.2, -0.15) is 10.2 Å². The van der Waals surface area contributed by atoms with Gasteiger partial charge in [-0.15, -0.1) is 11.3 Å². The Morgan fingerprint density at radius 3 is 3.19 bits per heavy atom. The van der Waals surface area contributed by atoms with E-state index in [2.05, 4.69) is 16.2 Å². The molecule has 1 aliphatic rings. The SMILES string of the molecule is N#Cc1ccsc1-c1nc(CC2CC2)no1. The van der Waals surface area contributed by atoms with E-state index in [1.807, 2.05) is 5.38 Å². The van der Waals surface area contributed by atoms with Crippen molar-refractivity contribution in [1.82, 2.24) is 10.1 Å². The molecule has 1 saturated carbocycles. The van der Waals surface area contributed by atoms with E-state index in [0.717, 1.165) is 23.0 Å². The molecule has 0 atom stereocenters. The van der Waals surface area contributed by atoms with Crippen molar-refractivity contribution in [2.24, 2.45) is 5.92 Å². The minimum atomic E-state index is 0.474. The summed E-state index contributed by atoms with van der Waals surface area (Å²) < 4.78 is 5.18. The summed E-state index contributed by atoms with van der Waals surface area (Å²) in [5.41, 5.74) is 0.603. The van der Waals surface area contributed by atoms with Gasteiger partial charge >= 0.3 is 0 Å². The molecule has 0 bridgehead atoms. The van der Waals surface area contributed by atoms with E-state index in [4.69, 9.17) is 9.78 Å². The lowest BCUT2D eigenvalue weighted by molar-refractivity contribution is 0.421. The van der Waals surface area contributed by atoms with Gasteiger partial charge in [-0.25, -0.2) is 0 Å². The van der Waals surface area contributed by atoms with Crippen LogP contribution in [0.5, 0.6) is 0 Å². The Morgan fingerprint density at radius 1 is 1.56 bits per heavy atom. The zero-order chi connectivity index (χ0) is 11.0. The molecule has 3 rings (SSSR count). The first-order valence-electron chi connectivity index (χ1n) is 5.17. The fourth-order valence-electron chi connectivity index (χ4n) is 1.57. The first-order chi connectivity index (χ1) is 7.86. The molecule has 2 aromatic heterocycles. The Labute approximate surface area is 96.5 Å². The van der Waals surface area contributed by atoms with Crippen molar-refractivity contribution in [3.05, 3.63) is 22.8 Å². The van der Waals surface area contributed by atoms with Gasteiger partial charge in [-0.1, -0.05) is 5.16 Å². The number of nitriles is 1. The molecule has 0 saturated heterocycles. The van der Waals surface area contributed by atoms with Crippen LogP contribution in [-0.4, -0.2) is 10.1 Å². The average molecular weight is 231 g/mol. The fourth-order valence-corrected chi connectivity index (χ4v) is 2.34. The predicted molar refractivity (Wildman–Crippen MR) is 58.8 cm³/mol. The molecule has 1 aliphatic carbocycles. The predicted octanol–water partition coefficient (Wildman–Crippen LogP) is 2.62. The lowest BCUT2D eigenvalue weighted by Crippen LogP contribution is -1.89. The van der Waals surface area contributed by atoms with Gasteiger partial charge < -0.3 is 4.52 Å². The smallest absolute Gasteiger partial charge is 0.269 e. The highest BCUT2D eigenvalue weighted by Crippen LogP contribution is 2.33. The third kappa shape index (κ3) is 1.72. The molecule has 0 unspecified atom stereocenters. The number of rotatable bonds is 3. The van der Waals surface area contributed by atoms with Crippen LogP contribution in [0.4, 0.5) is 0 Å². The summed E-state index contributed by atoms with van der Waals surface area (Å²) >= 11 is 1.46. The molecular formula is C11H9N3OS. The lowest BCUT2D eigenvalue weighted by Gasteiger charge is -1.87. The summed E-state index contributed by atoms with van der Waals surface area (Å²) in [5.74, 6) is 1.97. The maximum Gasteiger partial charge on any atom is 0.269 e. The highest BCUT2D eigenvalue weighted by Gasteiger charge is 2.24. The van der Waals surface area contributed by atoms with E-state index < -0.39 is 0 Å². The highest BCUT2D eigenvalue weighted by molar-refractivity contribution is 7.13. The quantitative estimate of drug-likeness (QED) is 0.814. The van der Waals surface area contributed by atoms with Crippen molar-refractivity contribution < 1.29 is 4.52 Å². The minimum Gasteiger partial charge on any atom is -0.333 e. The second kappa shape index (κ2) is 3.72. The van der Waals surface area contributed by atoms with Crippen molar-refractivity contribution >= 4 is 11.3 Å². The van der Waals surface area contributed by atoms with Crippen molar-refractivity contribution in [2.45, 2.75) is 19.3 Å². The minimum absolute atomic E-state index is 0.474. The second-order valence-electron chi connectivity index (χ2n) is 3.94.